The van der Waals surface area contributed by atoms with Crippen LogP contribution in [0.3, 0.4) is 0 Å². The summed E-state index contributed by atoms with van der Waals surface area (Å²) in [6, 6.07) is 1.89. The fourth-order valence-corrected chi connectivity index (χ4v) is 2.74. The molecule has 5 nitrogen and oxygen atoms in total. The lowest BCUT2D eigenvalue weighted by molar-refractivity contribution is -0.119. The summed E-state index contributed by atoms with van der Waals surface area (Å²) in [5, 5.41) is 16.3. The molecule has 2 rings (SSSR count). The highest BCUT2D eigenvalue weighted by Gasteiger charge is 2.22. The number of nitrogens with one attached hydrogen (secondary N) is 2. The Morgan fingerprint density at radius 2 is 2.05 bits per heavy atom. The van der Waals surface area contributed by atoms with Crippen molar-refractivity contribution in [2.45, 2.75) is 50.8 Å². The van der Waals surface area contributed by atoms with Gasteiger partial charge in [-0.05, 0) is 31.7 Å². The molecule has 1 heterocycles. The summed E-state index contributed by atoms with van der Waals surface area (Å²) in [6.45, 7) is 1.91. The van der Waals surface area contributed by atoms with Crippen molar-refractivity contribution in [3.63, 3.8) is 0 Å². The lowest BCUT2D eigenvalue weighted by Gasteiger charge is -2.30. The van der Waals surface area contributed by atoms with Crippen LogP contribution in [0.5, 0.6) is 0 Å². The predicted molar refractivity (Wildman–Crippen MR) is 77.0 cm³/mol. The van der Waals surface area contributed by atoms with Crippen molar-refractivity contribution >= 4 is 5.91 Å². The Morgan fingerprint density at radius 1 is 1.38 bits per heavy atom. The standard InChI is InChI=1S/C15H22FN3O2/c1-10(20)19-14-4-2-13(3-5-14)18-9-15(21)11-6-12(16)8-17-7-11/h6-8,13-15,18,21H,2-5,9H2,1H3,(H,19,20)/t13-,14-,15-/m0/s1. The number of aliphatic hydroxyl groups is 1. The van der Waals surface area contributed by atoms with Crippen molar-refractivity contribution in [1.29, 1.82) is 0 Å². The van der Waals surface area contributed by atoms with Crippen LogP contribution in [0, 0.1) is 5.82 Å². The molecule has 0 aromatic carbocycles. The third-order valence-electron chi connectivity index (χ3n) is 3.85. The highest BCUT2D eigenvalue weighted by Crippen LogP contribution is 2.19. The van der Waals surface area contributed by atoms with Crippen LogP contribution in [0.4, 0.5) is 4.39 Å². The molecule has 1 amide bonds. The van der Waals surface area contributed by atoms with Gasteiger partial charge in [-0.2, -0.15) is 0 Å². The van der Waals surface area contributed by atoms with Gasteiger partial charge in [0.2, 0.25) is 5.91 Å². The molecule has 0 unspecified atom stereocenters. The van der Waals surface area contributed by atoms with Gasteiger partial charge in [-0.15, -0.1) is 0 Å². The molecular formula is C15H22FN3O2. The summed E-state index contributed by atoms with van der Waals surface area (Å²) in [7, 11) is 0. The molecule has 0 spiro atoms. The first-order valence-electron chi connectivity index (χ1n) is 7.33. The average molecular weight is 295 g/mol. The first-order chi connectivity index (χ1) is 10.0. The van der Waals surface area contributed by atoms with Gasteiger partial charge in [0.05, 0.1) is 12.3 Å². The van der Waals surface area contributed by atoms with Crippen molar-refractivity contribution < 1.29 is 14.3 Å². The number of carbonyl (C=O) groups is 1. The van der Waals surface area contributed by atoms with Gasteiger partial charge in [0.15, 0.2) is 0 Å². The Bertz CT molecular complexity index is 476. The van der Waals surface area contributed by atoms with E-state index in [1.54, 1.807) is 0 Å². The molecule has 0 aliphatic heterocycles. The van der Waals surface area contributed by atoms with Crippen LogP contribution in [0.1, 0.15) is 44.3 Å². The third kappa shape index (κ3) is 5.06. The van der Waals surface area contributed by atoms with Crippen molar-refractivity contribution in [2.75, 3.05) is 6.54 Å². The molecular weight excluding hydrogens is 273 g/mol. The second-order valence-corrected chi connectivity index (χ2v) is 5.61. The minimum atomic E-state index is -0.763. The largest absolute Gasteiger partial charge is 0.387 e. The normalized spacial score (nSPS) is 23.6. The topological polar surface area (TPSA) is 74.2 Å². The van der Waals surface area contributed by atoms with Gasteiger partial charge < -0.3 is 15.7 Å². The van der Waals surface area contributed by atoms with E-state index >= 15 is 0 Å². The zero-order chi connectivity index (χ0) is 15.2. The SMILES string of the molecule is CC(=O)N[C@H]1CC[C@H](NC[C@H](O)c2cncc(F)c2)CC1. The lowest BCUT2D eigenvalue weighted by Crippen LogP contribution is -2.42. The second kappa shape index (κ2) is 7.47. The second-order valence-electron chi connectivity index (χ2n) is 5.61. The van der Waals surface area contributed by atoms with E-state index in [0.29, 0.717) is 18.2 Å². The molecule has 0 saturated heterocycles. The minimum absolute atomic E-state index is 0.0143. The molecule has 3 N–H and O–H groups in total. The molecule has 1 aliphatic carbocycles. The zero-order valence-corrected chi connectivity index (χ0v) is 12.2. The average Bonchev–Trinajstić information content (AvgIpc) is 2.45. The van der Waals surface area contributed by atoms with Crippen LogP contribution < -0.4 is 10.6 Å². The van der Waals surface area contributed by atoms with Gasteiger partial charge in [-0.25, -0.2) is 4.39 Å². The van der Waals surface area contributed by atoms with E-state index in [1.165, 1.54) is 19.2 Å². The number of nitrogens with zero attached hydrogens (tertiary/aromatic N) is 1. The van der Waals surface area contributed by atoms with Gasteiger partial charge in [0.1, 0.15) is 5.82 Å². The van der Waals surface area contributed by atoms with E-state index in [2.05, 4.69) is 15.6 Å². The van der Waals surface area contributed by atoms with E-state index in [1.807, 2.05) is 0 Å². The van der Waals surface area contributed by atoms with Gasteiger partial charge in [0, 0.05) is 37.3 Å². The predicted octanol–water partition coefficient (Wildman–Crippen LogP) is 1.29. The van der Waals surface area contributed by atoms with Crippen molar-refractivity contribution in [3.8, 4) is 0 Å². The van der Waals surface area contributed by atoms with Gasteiger partial charge in [-0.3, -0.25) is 9.78 Å². The van der Waals surface area contributed by atoms with E-state index < -0.39 is 11.9 Å². The maximum atomic E-state index is 13.0. The molecule has 1 aromatic rings. The minimum Gasteiger partial charge on any atom is -0.387 e. The van der Waals surface area contributed by atoms with E-state index in [9.17, 15) is 14.3 Å². The summed E-state index contributed by atoms with van der Waals surface area (Å²) >= 11 is 0. The van der Waals surface area contributed by atoms with Crippen LogP contribution in [0.2, 0.25) is 0 Å². The number of amides is 1. The number of rotatable bonds is 5. The summed E-state index contributed by atoms with van der Waals surface area (Å²) in [5.41, 5.74) is 0.481. The molecule has 1 aromatic heterocycles. The molecule has 1 aliphatic rings. The summed E-state index contributed by atoms with van der Waals surface area (Å²) in [5.74, 6) is -0.428. The monoisotopic (exact) mass is 295 g/mol. The summed E-state index contributed by atoms with van der Waals surface area (Å²) < 4.78 is 13.0. The zero-order valence-electron chi connectivity index (χ0n) is 12.2. The molecule has 1 saturated carbocycles. The number of halogens is 1. The van der Waals surface area contributed by atoms with Gasteiger partial charge in [0.25, 0.3) is 0 Å². The van der Waals surface area contributed by atoms with E-state index in [0.717, 1.165) is 31.9 Å². The fraction of sp³-hybridized carbons (Fsp3) is 0.600. The van der Waals surface area contributed by atoms with E-state index in [4.69, 9.17) is 0 Å². The number of hydrogen-bond acceptors (Lipinski definition) is 4. The van der Waals surface area contributed by atoms with Crippen LogP contribution in [-0.4, -0.2) is 34.6 Å². The quantitative estimate of drug-likeness (QED) is 0.765. The smallest absolute Gasteiger partial charge is 0.217 e. The van der Waals surface area contributed by atoms with Crippen molar-refractivity contribution in [1.82, 2.24) is 15.6 Å². The number of carbonyl (C=O) groups excluding carboxylic acids is 1. The number of aromatic nitrogens is 1. The molecule has 0 bridgehead atoms. The maximum absolute atomic E-state index is 13.0. The number of pyridine rings is 1. The molecule has 0 radical (unpaired) electrons. The van der Waals surface area contributed by atoms with Crippen molar-refractivity contribution in [2.24, 2.45) is 0 Å². The van der Waals surface area contributed by atoms with Crippen LogP contribution >= 0.6 is 0 Å². The van der Waals surface area contributed by atoms with Crippen molar-refractivity contribution in [3.05, 3.63) is 29.8 Å². The maximum Gasteiger partial charge on any atom is 0.217 e. The van der Waals surface area contributed by atoms with Gasteiger partial charge >= 0.3 is 0 Å². The highest BCUT2D eigenvalue weighted by atomic mass is 19.1. The summed E-state index contributed by atoms with van der Waals surface area (Å²) in [6.07, 6.45) is 5.62. The lowest BCUT2D eigenvalue weighted by atomic mass is 9.91. The van der Waals surface area contributed by atoms with Gasteiger partial charge in [-0.1, -0.05) is 0 Å². The van der Waals surface area contributed by atoms with Crippen LogP contribution in [-0.2, 0) is 4.79 Å². The Labute approximate surface area is 124 Å². The highest BCUT2D eigenvalue weighted by molar-refractivity contribution is 5.73. The molecule has 1 atom stereocenters. The first-order valence-corrected chi connectivity index (χ1v) is 7.33. The van der Waals surface area contributed by atoms with Crippen LogP contribution in [0.15, 0.2) is 18.5 Å². The molecule has 116 valence electrons. The Balaban J connectivity index is 1.73. The number of hydrogen-bond donors (Lipinski definition) is 3. The Hall–Kier alpha value is -1.53. The first kappa shape index (κ1) is 15.9. The third-order valence-corrected chi connectivity index (χ3v) is 3.85. The number of aliphatic hydroxyl groups excluding tert-OH is 1. The fourth-order valence-electron chi connectivity index (χ4n) is 2.74. The molecule has 21 heavy (non-hydrogen) atoms. The van der Waals surface area contributed by atoms with Crippen LogP contribution in [0.25, 0.3) is 0 Å². The van der Waals surface area contributed by atoms with E-state index in [-0.39, 0.29) is 11.9 Å². The molecule has 1 fully saturated rings. The Morgan fingerprint density at radius 3 is 2.67 bits per heavy atom. The summed E-state index contributed by atoms with van der Waals surface area (Å²) in [4.78, 5) is 14.7. The Kier molecular flexibility index (Phi) is 5.64. The molecule has 6 heteroatoms.